The normalized spacial score (nSPS) is 26.7. The molecule has 1 aliphatic carbocycles. The van der Waals surface area contributed by atoms with Crippen LogP contribution in [0.15, 0.2) is 24.3 Å². The van der Waals surface area contributed by atoms with E-state index < -0.39 is 11.7 Å². The summed E-state index contributed by atoms with van der Waals surface area (Å²) in [5, 5.41) is 0. The van der Waals surface area contributed by atoms with E-state index in [9.17, 15) is 22.8 Å². The van der Waals surface area contributed by atoms with Gasteiger partial charge in [-0.25, -0.2) is 0 Å². The number of anilines is 1. The number of piperazine rings is 1. The summed E-state index contributed by atoms with van der Waals surface area (Å²) in [5.74, 6) is -0.384. The Hall–Kier alpha value is -2.09. The fourth-order valence-electron chi connectivity index (χ4n) is 4.60. The van der Waals surface area contributed by atoms with E-state index in [1.807, 2.05) is 9.80 Å². The maximum atomic E-state index is 12.9. The summed E-state index contributed by atoms with van der Waals surface area (Å²) >= 11 is 0. The van der Waals surface area contributed by atoms with E-state index in [-0.39, 0.29) is 23.7 Å². The smallest absolute Gasteiger partial charge is 0.369 e. The Balaban J connectivity index is 1.36. The summed E-state index contributed by atoms with van der Waals surface area (Å²) < 4.78 is 38.8. The molecule has 0 aromatic heterocycles. The third-order valence-corrected chi connectivity index (χ3v) is 6.18. The van der Waals surface area contributed by atoms with Crippen molar-refractivity contribution in [2.24, 2.45) is 11.8 Å². The molecular weight excluding hydrogens is 371 g/mol. The highest BCUT2D eigenvalue weighted by molar-refractivity contribution is 6.05. The fourth-order valence-corrected chi connectivity index (χ4v) is 4.60. The molecule has 3 fully saturated rings. The molecular formula is C20H24F3N3O2. The molecule has 0 bridgehead atoms. The molecule has 8 heteroatoms. The zero-order chi connectivity index (χ0) is 19.9. The van der Waals surface area contributed by atoms with Crippen LogP contribution in [0.4, 0.5) is 18.9 Å². The van der Waals surface area contributed by atoms with Crippen LogP contribution in [0.1, 0.15) is 31.2 Å². The van der Waals surface area contributed by atoms with Gasteiger partial charge in [-0.15, -0.1) is 0 Å². The average Bonchev–Trinajstić information content (AvgIpc) is 2.93. The molecule has 4 rings (SSSR count). The molecule has 1 saturated carbocycles. The third-order valence-electron chi connectivity index (χ3n) is 6.18. The summed E-state index contributed by atoms with van der Waals surface area (Å²) in [6.07, 6.45) is -0.747. The second kappa shape index (κ2) is 7.39. The maximum absolute atomic E-state index is 12.9. The molecule has 28 heavy (non-hydrogen) atoms. The number of hydrogen-bond donors (Lipinski definition) is 0. The lowest BCUT2D eigenvalue weighted by Crippen LogP contribution is -2.51. The minimum atomic E-state index is -4.36. The number of imide groups is 1. The van der Waals surface area contributed by atoms with E-state index >= 15 is 0 Å². The molecule has 2 saturated heterocycles. The van der Waals surface area contributed by atoms with Crippen LogP contribution in [0.3, 0.4) is 0 Å². The predicted octanol–water partition coefficient (Wildman–Crippen LogP) is 2.96. The van der Waals surface area contributed by atoms with E-state index in [2.05, 4.69) is 0 Å². The lowest BCUT2D eigenvalue weighted by Gasteiger charge is -2.37. The summed E-state index contributed by atoms with van der Waals surface area (Å²) in [5.41, 5.74) is -0.0999. The van der Waals surface area contributed by atoms with Crippen LogP contribution in [0, 0.1) is 11.8 Å². The third kappa shape index (κ3) is 3.62. The molecule has 3 aliphatic rings. The van der Waals surface area contributed by atoms with E-state index in [1.54, 1.807) is 6.07 Å². The Morgan fingerprint density at radius 1 is 0.929 bits per heavy atom. The largest absolute Gasteiger partial charge is 0.416 e. The summed E-state index contributed by atoms with van der Waals surface area (Å²) in [6, 6.07) is 5.36. The monoisotopic (exact) mass is 395 g/mol. The molecule has 1 aromatic carbocycles. The maximum Gasteiger partial charge on any atom is 0.416 e. The molecule has 2 heterocycles. The van der Waals surface area contributed by atoms with Crippen LogP contribution in [0.25, 0.3) is 0 Å². The second-order valence-corrected chi connectivity index (χ2v) is 7.90. The van der Waals surface area contributed by atoms with Gasteiger partial charge in [0, 0.05) is 31.9 Å². The quantitative estimate of drug-likeness (QED) is 0.739. The molecule has 2 aliphatic heterocycles. The first kappa shape index (κ1) is 19.2. The Morgan fingerprint density at radius 3 is 2.11 bits per heavy atom. The Bertz CT molecular complexity index is 735. The van der Waals surface area contributed by atoms with Crippen molar-refractivity contribution in [3.05, 3.63) is 29.8 Å². The van der Waals surface area contributed by atoms with Crippen LogP contribution < -0.4 is 4.90 Å². The van der Waals surface area contributed by atoms with Gasteiger partial charge in [-0.3, -0.25) is 19.4 Å². The van der Waals surface area contributed by atoms with E-state index in [0.29, 0.717) is 38.5 Å². The highest BCUT2D eigenvalue weighted by atomic mass is 19.4. The molecule has 0 unspecified atom stereocenters. The molecule has 2 atom stereocenters. The molecule has 0 spiro atoms. The van der Waals surface area contributed by atoms with Crippen molar-refractivity contribution in [2.45, 2.75) is 31.9 Å². The van der Waals surface area contributed by atoms with E-state index in [1.165, 1.54) is 17.0 Å². The van der Waals surface area contributed by atoms with Gasteiger partial charge in [0.05, 0.1) is 24.1 Å². The van der Waals surface area contributed by atoms with Gasteiger partial charge < -0.3 is 4.90 Å². The lowest BCUT2D eigenvalue weighted by atomic mass is 9.81. The number of halogens is 3. The number of benzene rings is 1. The van der Waals surface area contributed by atoms with Crippen molar-refractivity contribution >= 4 is 17.5 Å². The number of nitrogens with zero attached hydrogens (tertiary/aromatic N) is 3. The highest BCUT2D eigenvalue weighted by Gasteiger charge is 2.48. The van der Waals surface area contributed by atoms with Gasteiger partial charge in [0.25, 0.3) is 0 Å². The summed E-state index contributed by atoms with van der Waals surface area (Å²) in [6.45, 7) is 2.61. The van der Waals surface area contributed by atoms with Crippen molar-refractivity contribution < 1.29 is 22.8 Å². The second-order valence-electron chi connectivity index (χ2n) is 7.90. The highest BCUT2D eigenvalue weighted by Crippen LogP contribution is 2.38. The minimum absolute atomic E-state index is 0.0463. The van der Waals surface area contributed by atoms with Crippen LogP contribution in [-0.4, -0.2) is 54.5 Å². The van der Waals surface area contributed by atoms with Gasteiger partial charge >= 0.3 is 6.18 Å². The number of hydrogen-bond acceptors (Lipinski definition) is 4. The van der Waals surface area contributed by atoms with E-state index in [0.717, 1.165) is 31.7 Å². The predicted molar refractivity (Wildman–Crippen MR) is 97.4 cm³/mol. The zero-order valence-electron chi connectivity index (χ0n) is 15.6. The first-order valence-electron chi connectivity index (χ1n) is 9.84. The van der Waals surface area contributed by atoms with Gasteiger partial charge in [0.2, 0.25) is 11.8 Å². The van der Waals surface area contributed by atoms with Crippen molar-refractivity contribution in [1.29, 1.82) is 0 Å². The molecule has 2 amide bonds. The SMILES string of the molecule is O=C1[C@H]2CCCC[C@@H]2C(=O)N1CN1CCN(c2cccc(C(F)(F)F)c2)CC1. The number of carbonyl (C=O) groups is 2. The molecule has 5 nitrogen and oxygen atoms in total. The first-order chi connectivity index (χ1) is 13.3. The van der Waals surface area contributed by atoms with Crippen molar-refractivity contribution in [3.8, 4) is 0 Å². The molecule has 0 radical (unpaired) electrons. The van der Waals surface area contributed by atoms with Crippen LogP contribution in [-0.2, 0) is 15.8 Å². The Labute approximate surface area is 162 Å². The lowest BCUT2D eigenvalue weighted by molar-refractivity contribution is -0.142. The van der Waals surface area contributed by atoms with Gasteiger partial charge in [-0.05, 0) is 31.0 Å². The number of amides is 2. The fraction of sp³-hybridized carbons (Fsp3) is 0.600. The molecule has 1 aromatic rings. The summed E-state index contributed by atoms with van der Waals surface area (Å²) in [4.78, 5) is 30.6. The minimum Gasteiger partial charge on any atom is -0.369 e. The van der Waals surface area contributed by atoms with Gasteiger partial charge in [0.1, 0.15) is 0 Å². The van der Waals surface area contributed by atoms with Crippen LogP contribution in [0.2, 0.25) is 0 Å². The van der Waals surface area contributed by atoms with Crippen molar-refractivity contribution in [1.82, 2.24) is 9.80 Å². The van der Waals surface area contributed by atoms with Crippen molar-refractivity contribution in [2.75, 3.05) is 37.7 Å². The Morgan fingerprint density at radius 2 is 1.54 bits per heavy atom. The van der Waals surface area contributed by atoms with Crippen LogP contribution in [0.5, 0.6) is 0 Å². The topological polar surface area (TPSA) is 43.9 Å². The average molecular weight is 395 g/mol. The number of rotatable bonds is 3. The zero-order valence-corrected chi connectivity index (χ0v) is 15.6. The first-order valence-corrected chi connectivity index (χ1v) is 9.84. The Kier molecular flexibility index (Phi) is 5.07. The number of carbonyl (C=O) groups excluding carboxylic acids is 2. The van der Waals surface area contributed by atoms with Gasteiger partial charge in [-0.1, -0.05) is 18.9 Å². The van der Waals surface area contributed by atoms with E-state index in [4.69, 9.17) is 0 Å². The van der Waals surface area contributed by atoms with Crippen molar-refractivity contribution in [3.63, 3.8) is 0 Å². The van der Waals surface area contributed by atoms with Crippen LogP contribution >= 0.6 is 0 Å². The van der Waals surface area contributed by atoms with Gasteiger partial charge in [0.15, 0.2) is 0 Å². The molecule has 152 valence electrons. The standard InChI is InChI=1S/C20H24F3N3O2/c21-20(22,23)14-4-3-5-15(12-14)25-10-8-24(9-11-25)13-26-18(27)16-6-1-2-7-17(16)19(26)28/h3-5,12,16-17H,1-2,6-11,13H2/t16-,17-/m0/s1. The number of alkyl halides is 3. The number of likely N-dealkylation sites (tertiary alicyclic amines) is 1. The van der Waals surface area contributed by atoms with Gasteiger partial charge in [-0.2, -0.15) is 13.2 Å². The summed E-state index contributed by atoms with van der Waals surface area (Å²) in [7, 11) is 0. The number of fused-ring (bicyclic) bond motifs is 1. The molecule has 0 N–H and O–H groups in total.